The van der Waals surface area contributed by atoms with Gasteiger partial charge in [0.1, 0.15) is 0 Å². The molecule has 1 unspecified atom stereocenters. The number of hydrogen-bond acceptors (Lipinski definition) is 4. The maximum Gasteiger partial charge on any atom is 0.0702 e. The largest absolute Gasteiger partial charge is 0.385 e. The Balaban J connectivity index is 1.98. The van der Waals surface area contributed by atoms with Crippen molar-refractivity contribution in [3.05, 3.63) is 0 Å². The number of nitrogens with one attached hydrogen (secondary N) is 1. The van der Waals surface area contributed by atoms with E-state index in [2.05, 4.69) is 17.1 Å². The Hall–Kier alpha value is -0.160. The van der Waals surface area contributed by atoms with Crippen LogP contribution in [0.2, 0.25) is 0 Å². The van der Waals surface area contributed by atoms with Gasteiger partial charge in [0, 0.05) is 40.0 Å². The topological polar surface area (TPSA) is 33.7 Å². The van der Waals surface area contributed by atoms with E-state index in [4.69, 9.17) is 9.47 Å². The number of methoxy groups -OCH3 is 1. The van der Waals surface area contributed by atoms with Crippen LogP contribution in [0.15, 0.2) is 0 Å². The number of nitrogens with zero attached hydrogens (tertiary/aromatic N) is 1. The van der Waals surface area contributed by atoms with Gasteiger partial charge in [-0.1, -0.05) is 0 Å². The molecule has 0 spiro atoms. The number of hydrogen-bond donors (Lipinski definition) is 1. The number of likely N-dealkylation sites (tertiary alicyclic amines) is 1. The van der Waals surface area contributed by atoms with Crippen molar-refractivity contribution in [3.8, 4) is 0 Å². The summed E-state index contributed by atoms with van der Waals surface area (Å²) in [6.07, 6.45) is 4.06. The van der Waals surface area contributed by atoms with Gasteiger partial charge in [0.2, 0.25) is 0 Å². The first-order chi connectivity index (χ1) is 8.36. The maximum absolute atomic E-state index is 5.69. The Morgan fingerprint density at radius 1 is 1.35 bits per heavy atom. The SMILES string of the molecule is CCOC1CCCN(CCNCCCOC)C1. The van der Waals surface area contributed by atoms with Gasteiger partial charge in [-0.25, -0.2) is 0 Å². The second kappa shape index (κ2) is 9.83. The molecule has 0 amide bonds. The monoisotopic (exact) mass is 244 g/mol. The third kappa shape index (κ3) is 6.99. The van der Waals surface area contributed by atoms with Gasteiger partial charge in [-0.05, 0) is 39.3 Å². The lowest BCUT2D eigenvalue weighted by Gasteiger charge is -2.32. The van der Waals surface area contributed by atoms with Gasteiger partial charge in [0.05, 0.1) is 6.10 Å². The molecule has 0 aromatic rings. The normalized spacial score (nSPS) is 21.9. The van der Waals surface area contributed by atoms with Crippen molar-refractivity contribution in [2.75, 3.05) is 53.0 Å². The van der Waals surface area contributed by atoms with E-state index in [0.717, 1.165) is 45.8 Å². The maximum atomic E-state index is 5.69. The fourth-order valence-electron chi connectivity index (χ4n) is 2.29. The van der Waals surface area contributed by atoms with E-state index in [1.165, 1.54) is 19.4 Å². The highest BCUT2D eigenvalue weighted by atomic mass is 16.5. The molecule has 102 valence electrons. The average molecular weight is 244 g/mol. The van der Waals surface area contributed by atoms with Crippen LogP contribution in [0.5, 0.6) is 0 Å². The van der Waals surface area contributed by atoms with E-state index in [9.17, 15) is 0 Å². The molecule has 1 rings (SSSR count). The molecule has 1 fully saturated rings. The van der Waals surface area contributed by atoms with Crippen molar-refractivity contribution in [2.24, 2.45) is 0 Å². The van der Waals surface area contributed by atoms with E-state index in [1.54, 1.807) is 7.11 Å². The molecule has 0 bridgehead atoms. The third-order valence-electron chi connectivity index (χ3n) is 3.17. The standard InChI is InChI=1S/C13H28N2O2/c1-3-17-13-6-4-9-15(12-13)10-8-14-7-5-11-16-2/h13-14H,3-12H2,1-2H3. The van der Waals surface area contributed by atoms with E-state index in [-0.39, 0.29) is 0 Å². The van der Waals surface area contributed by atoms with Crippen LogP contribution < -0.4 is 5.32 Å². The van der Waals surface area contributed by atoms with Gasteiger partial charge in [-0.3, -0.25) is 4.90 Å². The fourth-order valence-corrected chi connectivity index (χ4v) is 2.29. The lowest BCUT2D eigenvalue weighted by Crippen LogP contribution is -2.42. The van der Waals surface area contributed by atoms with Gasteiger partial charge in [-0.15, -0.1) is 0 Å². The van der Waals surface area contributed by atoms with E-state index >= 15 is 0 Å². The third-order valence-corrected chi connectivity index (χ3v) is 3.17. The van der Waals surface area contributed by atoms with E-state index in [0.29, 0.717) is 6.10 Å². The number of rotatable bonds is 9. The summed E-state index contributed by atoms with van der Waals surface area (Å²) >= 11 is 0. The summed E-state index contributed by atoms with van der Waals surface area (Å²) in [4.78, 5) is 2.51. The molecule has 0 saturated carbocycles. The molecule has 17 heavy (non-hydrogen) atoms. The summed E-state index contributed by atoms with van der Waals surface area (Å²) in [5, 5.41) is 3.45. The molecule has 0 aliphatic carbocycles. The molecular weight excluding hydrogens is 216 g/mol. The summed E-state index contributed by atoms with van der Waals surface area (Å²) in [5.74, 6) is 0. The van der Waals surface area contributed by atoms with Gasteiger partial charge in [-0.2, -0.15) is 0 Å². The molecule has 1 N–H and O–H groups in total. The van der Waals surface area contributed by atoms with Crippen LogP contribution in [-0.4, -0.2) is 64.1 Å². The first-order valence-electron chi connectivity index (χ1n) is 6.90. The second-order valence-electron chi connectivity index (χ2n) is 4.62. The van der Waals surface area contributed by atoms with Crippen LogP contribution in [-0.2, 0) is 9.47 Å². The van der Waals surface area contributed by atoms with Gasteiger partial charge < -0.3 is 14.8 Å². The molecule has 4 nitrogen and oxygen atoms in total. The number of piperidine rings is 1. The summed E-state index contributed by atoms with van der Waals surface area (Å²) in [5.41, 5.74) is 0. The van der Waals surface area contributed by atoms with Crippen LogP contribution in [0.1, 0.15) is 26.2 Å². The molecule has 1 aliphatic rings. The van der Waals surface area contributed by atoms with Crippen molar-refractivity contribution in [2.45, 2.75) is 32.3 Å². The quantitative estimate of drug-likeness (QED) is 0.616. The van der Waals surface area contributed by atoms with Crippen LogP contribution in [0.4, 0.5) is 0 Å². The van der Waals surface area contributed by atoms with E-state index < -0.39 is 0 Å². The van der Waals surface area contributed by atoms with Crippen LogP contribution in [0, 0.1) is 0 Å². The van der Waals surface area contributed by atoms with Crippen molar-refractivity contribution in [1.29, 1.82) is 0 Å². The van der Waals surface area contributed by atoms with Crippen molar-refractivity contribution in [3.63, 3.8) is 0 Å². The molecule has 1 saturated heterocycles. The molecule has 0 aromatic carbocycles. The molecule has 1 aliphatic heterocycles. The first-order valence-corrected chi connectivity index (χ1v) is 6.90. The molecule has 0 aromatic heterocycles. The highest BCUT2D eigenvalue weighted by Gasteiger charge is 2.19. The summed E-state index contributed by atoms with van der Waals surface area (Å²) < 4.78 is 10.7. The molecule has 4 heteroatoms. The smallest absolute Gasteiger partial charge is 0.0702 e. The lowest BCUT2D eigenvalue weighted by atomic mass is 10.1. The molecule has 0 radical (unpaired) electrons. The zero-order valence-corrected chi connectivity index (χ0v) is 11.4. The summed E-state index contributed by atoms with van der Waals surface area (Å²) in [6, 6.07) is 0. The minimum Gasteiger partial charge on any atom is -0.385 e. The van der Waals surface area contributed by atoms with Crippen LogP contribution in [0.25, 0.3) is 0 Å². The number of ether oxygens (including phenoxy) is 2. The molecule has 1 heterocycles. The zero-order valence-electron chi connectivity index (χ0n) is 11.4. The van der Waals surface area contributed by atoms with Gasteiger partial charge in [0.15, 0.2) is 0 Å². The van der Waals surface area contributed by atoms with Gasteiger partial charge >= 0.3 is 0 Å². The predicted molar refractivity (Wildman–Crippen MR) is 70.5 cm³/mol. The molecular formula is C13H28N2O2. The Morgan fingerprint density at radius 2 is 2.24 bits per heavy atom. The zero-order chi connectivity index (χ0) is 12.3. The van der Waals surface area contributed by atoms with Crippen molar-refractivity contribution in [1.82, 2.24) is 10.2 Å². The Morgan fingerprint density at radius 3 is 3.00 bits per heavy atom. The minimum absolute atomic E-state index is 0.460. The first kappa shape index (κ1) is 14.9. The van der Waals surface area contributed by atoms with Gasteiger partial charge in [0.25, 0.3) is 0 Å². The average Bonchev–Trinajstić information content (AvgIpc) is 2.35. The Kier molecular flexibility index (Phi) is 8.61. The summed E-state index contributed by atoms with van der Waals surface area (Å²) in [6.45, 7) is 9.36. The Labute approximate surface area is 106 Å². The highest BCUT2D eigenvalue weighted by molar-refractivity contribution is 4.73. The Bertz CT molecular complexity index is 177. The highest BCUT2D eigenvalue weighted by Crippen LogP contribution is 2.12. The minimum atomic E-state index is 0.460. The van der Waals surface area contributed by atoms with Crippen LogP contribution in [0.3, 0.4) is 0 Å². The van der Waals surface area contributed by atoms with Crippen molar-refractivity contribution < 1.29 is 9.47 Å². The predicted octanol–water partition coefficient (Wildman–Crippen LogP) is 1.11. The lowest BCUT2D eigenvalue weighted by molar-refractivity contribution is 0.00636. The molecule has 1 atom stereocenters. The second-order valence-corrected chi connectivity index (χ2v) is 4.62. The fraction of sp³-hybridized carbons (Fsp3) is 1.00. The summed E-state index contributed by atoms with van der Waals surface area (Å²) in [7, 11) is 1.75. The van der Waals surface area contributed by atoms with Crippen molar-refractivity contribution >= 4 is 0 Å². The van der Waals surface area contributed by atoms with E-state index in [1.807, 2.05) is 0 Å². The van der Waals surface area contributed by atoms with Crippen LogP contribution >= 0.6 is 0 Å².